The van der Waals surface area contributed by atoms with Crippen LogP contribution in [0.5, 0.6) is 5.75 Å². The largest absolute Gasteiger partial charge is 0.482 e. The van der Waals surface area contributed by atoms with Gasteiger partial charge in [0.05, 0.1) is 4.92 Å². The van der Waals surface area contributed by atoms with E-state index in [1.165, 1.54) is 23.3 Å². The minimum absolute atomic E-state index is 0.0861. The van der Waals surface area contributed by atoms with Crippen molar-refractivity contribution in [3.8, 4) is 5.75 Å². The summed E-state index contributed by atoms with van der Waals surface area (Å²) in [7, 11) is 0. The number of para-hydroxylation sites is 1. The number of ether oxygens (including phenoxy) is 2. The Morgan fingerprint density at radius 1 is 1.14 bits per heavy atom. The molecule has 2 aromatic carbocycles. The highest BCUT2D eigenvalue weighted by atomic mass is 16.6. The molecule has 1 N–H and O–H groups in total. The molecule has 146 valence electrons. The standard InChI is InChI=1S/C20H20N2O6/c1-13-4-2-7-17(22(25)26)20(13)21-18(23)11-28-19(24)12-27-16-9-8-14-5-3-6-15(14)10-16/h2,4,7-10H,3,5-6,11-12H2,1H3,(H,21,23). The van der Waals surface area contributed by atoms with Crippen molar-refractivity contribution in [3.05, 3.63) is 63.2 Å². The van der Waals surface area contributed by atoms with Gasteiger partial charge in [0.2, 0.25) is 0 Å². The number of amides is 1. The number of nitrogens with zero attached hydrogens (tertiary/aromatic N) is 1. The summed E-state index contributed by atoms with van der Waals surface area (Å²) >= 11 is 0. The predicted molar refractivity (Wildman–Crippen MR) is 101 cm³/mol. The summed E-state index contributed by atoms with van der Waals surface area (Å²) in [6, 6.07) is 10.2. The van der Waals surface area contributed by atoms with Crippen molar-refractivity contribution in [2.24, 2.45) is 0 Å². The topological polar surface area (TPSA) is 108 Å². The molecule has 0 saturated heterocycles. The lowest BCUT2D eigenvalue weighted by atomic mass is 10.1. The summed E-state index contributed by atoms with van der Waals surface area (Å²) in [5.74, 6) is -0.782. The van der Waals surface area contributed by atoms with E-state index < -0.39 is 23.4 Å². The molecular formula is C20H20N2O6. The van der Waals surface area contributed by atoms with Gasteiger partial charge in [-0.15, -0.1) is 0 Å². The van der Waals surface area contributed by atoms with Crippen molar-refractivity contribution in [2.45, 2.75) is 26.2 Å². The maximum Gasteiger partial charge on any atom is 0.344 e. The van der Waals surface area contributed by atoms with Crippen molar-refractivity contribution in [3.63, 3.8) is 0 Å². The molecule has 0 saturated carbocycles. The Bertz CT molecular complexity index is 925. The van der Waals surface area contributed by atoms with E-state index in [0.29, 0.717) is 11.3 Å². The number of anilines is 1. The first-order valence-corrected chi connectivity index (χ1v) is 8.88. The number of hydrogen-bond acceptors (Lipinski definition) is 6. The van der Waals surface area contributed by atoms with Crippen LogP contribution in [0.15, 0.2) is 36.4 Å². The maximum absolute atomic E-state index is 12.0. The lowest BCUT2D eigenvalue weighted by Gasteiger charge is -2.10. The second-order valence-electron chi connectivity index (χ2n) is 6.51. The molecule has 1 aliphatic carbocycles. The zero-order valence-corrected chi connectivity index (χ0v) is 15.4. The van der Waals surface area contributed by atoms with Gasteiger partial charge in [0.25, 0.3) is 11.6 Å². The van der Waals surface area contributed by atoms with Gasteiger partial charge in [-0.1, -0.05) is 18.2 Å². The summed E-state index contributed by atoms with van der Waals surface area (Å²) in [4.78, 5) is 34.3. The van der Waals surface area contributed by atoms with Crippen LogP contribution in [0.3, 0.4) is 0 Å². The van der Waals surface area contributed by atoms with Gasteiger partial charge in [0.1, 0.15) is 11.4 Å². The average Bonchev–Trinajstić information content (AvgIpc) is 3.14. The van der Waals surface area contributed by atoms with E-state index in [0.717, 1.165) is 19.3 Å². The molecule has 0 bridgehead atoms. The molecule has 0 aliphatic heterocycles. The fourth-order valence-corrected chi connectivity index (χ4v) is 3.11. The zero-order chi connectivity index (χ0) is 20.1. The fraction of sp³-hybridized carbons (Fsp3) is 0.300. The quantitative estimate of drug-likeness (QED) is 0.447. The molecule has 1 amide bonds. The summed E-state index contributed by atoms with van der Waals surface area (Å²) in [5, 5.41) is 13.5. The van der Waals surface area contributed by atoms with E-state index in [4.69, 9.17) is 9.47 Å². The first kappa shape index (κ1) is 19.3. The van der Waals surface area contributed by atoms with Crippen LogP contribution < -0.4 is 10.1 Å². The number of rotatable bonds is 7. The Morgan fingerprint density at radius 2 is 1.93 bits per heavy atom. The maximum atomic E-state index is 12.0. The molecule has 2 aromatic rings. The number of fused-ring (bicyclic) bond motifs is 1. The van der Waals surface area contributed by atoms with Crippen LogP contribution in [0.25, 0.3) is 0 Å². The highest BCUT2D eigenvalue weighted by Gasteiger charge is 2.18. The van der Waals surface area contributed by atoms with E-state index in [2.05, 4.69) is 5.32 Å². The second kappa shape index (κ2) is 8.51. The van der Waals surface area contributed by atoms with E-state index in [-0.39, 0.29) is 18.0 Å². The Kier molecular flexibility index (Phi) is 5.88. The number of hydrogen-bond donors (Lipinski definition) is 1. The van der Waals surface area contributed by atoms with E-state index in [9.17, 15) is 19.7 Å². The van der Waals surface area contributed by atoms with Crippen molar-refractivity contribution in [1.29, 1.82) is 0 Å². The molecule has 0 fully saturated rings. The number of nitro groups is 1. The van der Waals surface area contributed by atoms with Crippen molar-refractivity contribution in [2.75, 3.05) is 18.5 Å². The van der Waals surface area contributed by atoms with Crippen molar-refractivity contribution in [1.82, 2.24) is 0 Å². The SMILES string of the molecule is Cc1cccc([N+](=O)[O-])c1NC(=O)COC(=O)COc1ccc2c(c1)CCC2. The molecule has 0 spiro atoms. The van der Waals surface area contributed by atoms with Crippen LogP contribution in [0.4, 0.5) is 11.4 Å². The van der Waals surface area contributed by atoms with E-state index >= 15 is 0 Å². The lowest BCUT2D eigenvalue weighted by molar-refractivity contribution is -0.384. The minimum Gasteiger partial charge on any atom is -0.482 e. The molecule has 0 radical (unpaired) electrons. The van der Waals surface area contributed by atoms with E-state index in [1.807, 2.05) is 12.1 Å². The molecule has 8 nitrogen and oxygen atoms in total. The van der Waals surface area contributed by atoms with Gasteiger partial charge in [0.15, 0.2) is 13.2 Å². The second-order valence-corrected chi connectivity index (χ2v) is 6.51. The van der Waals surface area contributed by atoms with Gasteiger partial charge in [-0.3, -0.25) is 14.9 Å². The lowest BCUT2D eigenvalue weighted by Crippen LogP contribution is -2.24. The Hall–Kier alpha value is -3.42. The molecule has 0 unspecified atom stereocenters. The van der Waals surface area contributed by atoms with Crippen LogP contribution in [0.2, 0.25) is 0 Å². The number of carbonyl (C=O) groups excluding carboxylic acids is 2. The summed E-state index contributed by atoms with van der Waals surface area (Å²) in [5.41, 5.74) is 2.93. The van der Waals surface area contributed by atoms with Crippen LogP contribution in [-0.2, 0) is 27.2 Å². The number of esters is 1. The highest BCUT2D eigenvalue weighted by molar-refractivity contribution is 5.95. The predicted octanol–water partition coefficient (Wildman–Crippen LogP) is 2.95. The first-order chi connectivity index (χ1) is 13.4. The number of nitro benzene ring substituents is 1. The molecule has 0 atom stereocenters. The fourth-order valence-electron chi connectivity index (χ4n) is 3.11. The van der Waals surface area contributed by atoms with Crippen LogP contribution in [0.1, 0.15) is 23.1 Å². The monoisotopic (exact) mass is 384 g/mol. The Labute approximate surface area is 161 Å². The smallest absolute Gasteiger partial charge is 0.344 e. The van der Waals surface area contributed by atoms with Gasteiger partial charge in [-0.25, -0.2) is 4.79 Å². The zero-order valence-electron chi connectivity index (χ0n) is 15.4. The molecule has 28 heavy (non-hydrogen) atoms. The molecule has 0 heterocycles. The number of benzene rings is 2. The van der Waals surface area contributed by atoms with Gasteiger partial charge < -0.3 is 14.8 Å². The third-order valence-electron chi connectivity index (χ3n) is 4.50. The van der Waals surface area contributed by atoms with Gasteiger partial charge in [-0.05, 0) is 55.0 Å². The van der Waals surface area contributed by atoms with Gasteiger partial charge in [-0.2, -0.15) is 0 Å². The summed E-state index contributed by atoms with van der Waals surface area (Å²) < 4.78 is 10.3. The van der Waals surface area contributed by atoms with Crippen molar-refractivity contribution >= 4 is 23.3 Å². The minimum atomic E-state index is -0.699. The average molecular weight is 384 g/mol. The first-order valence-electron chi connectivity index (χ1n) is 8.88. The number of carbonyl (C=O) groups is 2. The molecule has 1 aliphatic rings. The molecule has 0 aromatic heterocycles. The molecular weight excluding hydrogens is 364 g/mol. The molecule has 3 rings (SSSR count). The van der Waals surface area contributed by atoms with Crippen LogP contribution in [-0.4, -0.2) is 30.0 Å². The summed E-state index contributed by atoms with van der Waals surface area (Å²) in [6.45, 7) is 0.757. The Morgan fingerprint density at radius 3 is 2.71 bits per heavy atom. The third kappa shape index (κ3) is 4.64. The summed E-state index contributed by atoms with van der Waals surface area (Å²) in [6.07, 6.45) is 3.18. The number of nitrogens with one attached hydrogen (secondary N) is 1. The third-order valence-corrected chi connectivity index (χ3v) is 4.50. The number of aryl methyl sites for hydroxylation is 3. The highest BCUT2D eigenvalue weighted by Crippen LogP contribution is 2.28. The van der Waals surface area contributed by atoms with Crippen LogP contribution in [0, 0.1) is 17.0 Å². The normalized spacial score (nSPS) is 12.2. The molecule has 8 heteroatoms. The van der Waals surface area contributed by atoms with Crippen LogP contribution >= 0.6 is 0 Å². The van der Waals surface area contributed by atoms with E-state index in [1.54, 1.807) is 19.1 Å². The van der Waals surface area contributed by atoms with Crippen molar-refractivity contribution < 1.29 is 24.0 Å². The van der Waals surface area contributed by atoms with Gasteiger partial charge in [0, 0.05) is 6.07 Å². The van der Waals surface area contributed by atoms with Gasteiger partial charge >= 0.3 is 5.97 Å². The Balaban J connectivity index is 1.48.